The summed E-state index contributed by atoms with van der Waals surface area (Å²) in [7, 11) is 0. The second kappa shape index (κ2) is 14.4. The van der Waals surface area contributed by atoms with Gasteiger partial charge in [0, 0.05) is 25.1 Å². The van der Waals surface area contributed by atoms with E-state index in [2.05, 4.69) is 16.0 Å². The van der Waals surface area contributed by atoms with Crippen LogP contribution in [-0.2, 0) is 32.1 Å². The number of nitrogens with one attached hydrogen (secondary N) is 3. The van der Waals surface area contributed by atoms with E-state index >= 15 is 0 Å². The van der Waals surface area contributed by atoms with Crippen molar-refractivity contribution in [3.05, 3.63) is 70.8 Å². The fraction of sp³-hybridized carbons (Fsp3) is 0.483. The fourth-order valence-corrected chi connectivity index (χ4v) is 4.23. The average Bonchev–Trinajstić information content (AvgIpc) is 3.37. The van der Waals surface area contributed by atoms with E-state index < -0.39 is 65.5 Å². The number of rotatable bonds is 12. The molecule has 0 saturated carbocycles. The highest BCUT2D eigenvalue weighted by Crippen LogP contribution is 2.19. The number of benzene rings is 2. The number of hydrogen-bond acceptors (Lipinski definition) is 6. The van der Waals surface area contributed by atoms with Gasteiger partial charge in [-0.15, -0.1) is 0 Å². The third-order valence-electron chi connectivity index (χ3n) is 6.23. The zero-order valence-corrected chi connectivity index (χ0v) is 23.1. The van der Waals surface area contributed by atoms with Crippen molar-refractivity contribution in [1.29, 1.82) is 0 Å². The predicted molar refractivity (Wildman–Crippen MR) is 142 cm³/mol. The molecule has 12 heteroatoms. The van der Waals surface area contributed by atoms with E-state index in [0.29, 0.717) is 19.6 Å². The lowest BCUT2D eigenvalue weighted by Gasteiger charge is -2.21. The summed E-state index contributed by atoms with van der Waals surface area (Å²) in [6.07, 6.45) is -4.14. The van der Waals surface area contributed by atoms with Crippen LogP contribution in [0.25, 0.3) is 0 Å². The molecule has 3 N–H and O–H groups in total. The van der Waals surface area contributed by atoms with Gasteiger partial charge in [-0.25, -0.2) is 22.4 Å². The molecule has 0 radical (unpaired) electrons. The van der Waals surface area contributed by atoms with Gasteiger partial charge in [0.25, 0.3) is 0 Å². The zero-order chi connectivity index (χ0) is 30.2. The molecule has 0 spiro atoms. The van der Waals surface area contributed by atoms with Gasteiger partial charge >= 0.3 is 5.97 Å². The largest absolute Gasteiger partial charge is 0.456 e. The molecule has 0 aliphatic carbocycles. The average molecular weight is 582 g/mol. The van der Waals surface area contributed by atoms with Gasteiger partial charge in [-0.1, -0.05) is 30.3 Å². The van der Waals surface area contributed by atoms with Crippen LogP contribution in [0.1, 0.15) is 55.1 Å². The molecule has 1 aliphatic rings. The van der Waals surface area contributed by atoms with Crippen molar-refractivity contribution in [1.82, 2.24) is 16.0 Å². The zero-order valence-electron chi connectivity index (χ0n) is 23.1. The highest BCUT2D eigenvalue weighted by molar-refractivity contribution is 5.90. The SMILES string of the molecule is CC(C)(C)OC(=O)c1cc(F)c(CCNC(=O)[C@H](CC(F)F)NC(=O)C2C[C@@H](OCc3ccccc3)CN2)c(F)c1. The van der Waals surface area contributed by atoms with Gasteiger partial charge in [-0.2, -0.15) is 0 Å². The van der Waals surface area contributed by atoms with Crippen LogP contribution < -0.4 is 16.0 Å². The lowest BCUT2D eigenvalue weighted by molar-refractivity contribution is -0.130. The number of halogens is 4. The molecule has 2 aromatic rings. The molecule has 3 rings (SSSR count). The van der Waals surface area contributed by atoms with Crippen LogP contribution >= 0.6 is 0 Å². The number of alkyl halides is 2. The third kappa shape index (κ3) is 10.1. The van der Waals surface area contributed by atoms with Crippen molar-refractivity contribution in [2.75, 3.05) is 13.1 Å². The molecule has 2 aromatic carbocycles. The number of ether oxygens (including phenoxy) is 2. The van der Waals surface area contributed by atoms with Crippen molar-refractivity contribution in [2.24, 2.45) is 0 Å². The summed E-state index contributed by atoms with van der Waals surface area (Å²) in [6, 6.07) is 8.82. The quantitative estimate of drug-likeness (QED) is 0.261. The Balaban J connectivity index is 1.52. The van der Waals surface area contributed by atoms with Gasteiger partial charge in [0.05, 0.1) is 24.3 Å². The van der Waals surface area contributed by atoms with E-state index in [-0.39, 0.29) is 24.6 Å². The molecule has 3 atom stereocenters. The maximum absolute atomic E-state index is 14.6. The maximum atomic E-state index is 14.6. The van der Waals surface area contributed by atoms with Crippen molar-refractivity contribution < 1.29 is 41.4 Å². The van der Waals surface area contributed by atoms with Gasteiger partial charge in [0.2, 0.25) is 18.2 Å². The highest BCUT2D eigenvalue weighted by atomic mass is 19.3. The van der Waals surface area contributed by atoms with Crippen LogP contribution in [0, 0.1) is 11.6 Å². The molecule has 2 amide bonds. The summed E-state index contributed by atoms with van der Waals surface area (Å²) in [5, 5.41) is 7.66. The molecule has 1 heterocycles. The van der Waals surface area contributed by atoms with Gasteiger partial charge in [-0.3, -0.25) is 9.59 Å². The Morgan fingerprint density at radius 1 is 1.07 bits per heavy atom. The van der Waals surface area contributed by atoms with Crippen molar-refractivity contribution in [3.63, 3.8) is 0 Å². The molecule has 0 aromatic heterocycles. The van der Waals surface area contributed by atoms with Crippen molar-refractivity contribution >= 4 is 17.8 Å². The van der Waals surface area contributed by atoms with Crippen molar-refractivity contribution in [3.8, 4) is 0 Å². The first-order valence-electron chi connectivity index (χ1n) is 13.3. The fourth-order valence-electron chi connectivity index (χ4n) is 4.23. The Labute approximate surface area is 236 Å². The Bertz CT molecular complexity index is 1180. The summed E-state index contributed by atoms with van der Waals surface area (Å²) >= 11 is 0. The number of hydrogen-bond donors (Lipinski definition) is 3. The monoisotopic (exact) mass is 581 g/mol. The minimum Gasteiger partial charge on any atom is -0.456 e. The third-order valence-corrected chi connectivity index (χ3v) is 6.23. The van der Waals surface area contributed by atoms with E-state index in [1.807, 2.05) is 30.3 Å². The van der Waals surface area contributed by atoms with E-state index in [4.69, 9.17) is 9.47 Å². The Hall–Kier alpha value is -3.51. The molecule has 41 heavy (non-hydrogen) atoms. The molecule has 1 saturated heterocycles. The standard InChI is InChI=1S/C29H35F4N3O5/c1-29(2,3)41-28(39)18-11-21(30)20(22(31)12-18)9-10-34-26(37)24(14-25(32)33)36-27(38)23-13-19(15-35-23)40-16-17-7-5-4-6-8-17/h4-8,11-12,19,23-25,35H,9-10,13-16H2,1-3H3,(H,34,37)(H,36,38)/t19-,23?,24+/m1/s1. The van der Waals surface area contributed by atoms with Gasteiger partial charge < -0.3 is 25.4 Å². The first kappa shape index (κ1) is 32.0. The Morgan fingerprint density at radius 3 is 2.34 bits per heavy atom. The van der Waals surface area contributed by atoms with Crippen LogP contribution in [0.4, 0.5) is 17.6 Å². The van der Waals surface area contributed by atoms with E-state index in [9.17, 15) is 31.9 Å². The normalized spacial score (nSPS) is 17.8. The first-order valence-corrected chi connectivity index (χ1v) is 13.3. The molecule has 8 nitrogen and oxygen atoms in total. The van der Waals surface area contributed by atoms with Crippen LogP contribution in [-0.4, -0.2) is 61.1 Å². The summed E-state index contributed by atoms with van der Waals surface area (Å²) in [4.78, 5) is 37.5. The highest BCUT2D eigenvalue weighted by Gasteiger charge is 2.33. The smallest absolute Gasteiger partial charge is 0.338 e. The molecule has 1 fully saturated rings. The summed E-state index contributed by atoms with van der Waals surface area (Å²) in [6.45, 7) is 5.26. The lowest BCUT2D eigenvalue weighted by atomic mass is 10.1. The van der Waals surface area contributed by atoms with E-state index in [1.54, 1.807) is 20.8 Å². The van der Waals surface area contributed by atoms with E-state index in [0.717, 1.165) is 17.7 Å². The molecule has 1 aliphatic heterocycles. The van der Waals surface area contributed by atoms with Gasteiger partial charge in [0.1, 0.15) is 23.3 Å². The second-order valence-electron chi connectivity index (χ2n) is 10.8. The first-order chi connectivity index (χ1) is 19.3. The lowest BCUT2D eigenvalue weighted by Crippen LogP contribution is -2.52. The molecular formula is C29H35F4N3O5. The van der Waals surface area contributed by atoms with Crippen molar-refractivity contribution in [2.45, 2.75) is 76.9 Å². The van der Waals surface area contributed by atoms with Crippen LogP contribution in [0.15, 0.2) is 42.5 Å². The van der Waals surface area contributed by atoms with Crippen LogP contribution in [0.5, 0.6) is 0 Å². The number of esters is 1. The summed E-state index contributed by atoms with van der Waals surface area (Å²) in [5.74, 6) is -4.49. The number of carbonyl (C=O) groups is 3. The maximum Gasteiger partial charge on any atom is 0.338 e. The van der Waals surface area contributed by atoms with Gasteiger partial charge in [-0.05, 0) is 51.3 Å². The molecule has 0 bridgehead atoms. The summed E-state index contributed by atoms with van der Waals surface area (Å²) < 4.78 is 66.4. The topological polar surface area (TPSA) is 106 Å². The van der Waals surface area contributed by atoms with E-state index in [1.165, 1.54) is 0 Å². The minimum absolute atomic E-state index is 0.278. The summed E-state index contributed by atoms with van der Waals surface area (Å²) in [5.41, 5.74) is -0.602. The predicted octanol–water partition coefficient (Wildman–Crippen LogP) is 3.67. The minimum atomic E-state index is -2.89. The molecular weight excluding hydrogens is 546 g/mol. The Kier molecular flexibility index (Phi) is 11.2. The van der Waals surface area contributed by atoms with Gasteiger partial charge in [0.15, 0.2) is 0 Å². The van der Waals surface area contributed by atoms with Crippen LogP contribution in [0.2, 0.25) is 0 Å². The number of amides is 2. The second-order valence-corrected chi connectivity index (χ2v) is 10.8. The Morgan fingerprint density at radius 2 is 1.73 bits per heavy atom. The number of carbonyl (C=O) groups excluding carboxylic acids is 3. The van der Waals surface area contributed by atoms with Crippen LogP contribution in [0.3, 0.4) is 0 Å². The molecule has 1 unspecified atom stereocenters. The molecule has 224 valence electrons.